The van der Waals surface area contributed by atoms with E-state index >= 15 is 0 Å². The highest BCUT2D eigenvalue weighted by atomic mass is 16.4. The fourth-order valence-corrected chi connectivity index (χ4v) is 3.25. The molecule has 1 aliphatic rings. The molecule has 1 N–H and O–H groups in total. The summed E-state index contributed by atoms with van der Waals surface area (Å²) in [4.78, 5) is 26.0. The van der Waals surface area contributed by atoms with Gasteiger partial charge in [-0.2, -0.15) is 0 Å². The molecule has 1 fully saturated rings. The molecular weight excluding hydrogens is 268 g/mol. The highest BCUT2D eigenvalue weighted by Gasteiger charge is 2.45. The molecule has 0 aliphatic carbocycles. The number of carboxylic acid groups (broad SMARTS) is 1. The summed E-state index contributed by atoms with van der Waals surface area (Å²) in [5.41, 5.74) is 0.156. The molecule has 1 aliphatic heterocycles. The molecule has 1 aromatic rings. The van der Waals surface area contributed by atoms with Crippen LogP contribution in [0.25, 0.3) is 0 Å². The lowest BCUT2D eigenvalue weighted by atomic mass is 9.76. The Morgan fingerprint density at radius 1 is 1.38 bits per heavy atom. The van der Waals surface area contributed by atoms with Crippen molar-refractivity contribution >= 4 is 11.9 Å². The van der Waals surface area contributed by atoms with Crippen molar-refractivity contribution in [3.05, 3.63) is 24.0 Å². The van der Waals surface area contributed by atoms with Crippen LogP contribution in [-0.4, -0.2) is 39.0 Å². The average molecular weight is 292 g/mol. The molecule has 0 bridgehead atoms. The summed E-state index contributed by atoms with van der Waals surface area (Å²) in [5, 5.41) is 9.57. The summed E-state index contributed by atoms with van der Waals surface area (Å²) >= 11 is 0. The Bertz CT molecular complexity index is 545. The number of carbonyl (C=O) groups is 2. The molecule has 5 nitrogen and oxygen atoms in total. The summed E-state index contributed by atoms with van der Waals surface area (Å²) in [5.74, 6) is -1.11. The van der Waals surface area contributed by atoms with Crippen molar-refractivity contribution in [2.24, 2.45) is 5.41 Å². The number of aromatic nitrogens is 1. The lowest BCUT2D eigenvalue weighted by Gasteiger charge is -2.44. The van der Waals surface area contributed by atoms with E-state index in [-0.39, 0.29) is 11.9 Å². The van der Waals surface area contributed by atoms with Crippen LogP contribution in [0.4, 0.5) is 0 Å². The lowest BCUT2D eigenvalue weighted by molar-refractivity contribution is -0.148. The number of amides is 1. The van der Waals surface area contributed by atoms with Crippen LogP contribution in [0.1, 0.15) is 57.1 Å². The monoisotopic (exact) mass is 292 g/mol. The molecule has 2 rings (SSSR count). The van der Waals surface area contributed by atoms with Gasteiger partial charge >= 0.3 is 5.97 Å². The first-order valence-corrected chi connectivity index (χ1v) is 7.46. The van der Waals surface area contributed by atoms with Crippen molar-refractivity contribution in [1.29, 1.82) is 0 Å². The minimum Gasteiger partial charge on any atom is -0.480 e. The number of rotatable bonds is 3. The highest BCUT2D eigenvalue weighted by Crippen LogP contribution is 2.36. The van der Waals surface area contributed by atoms with Gasteiger partial charge in [0.05, 0.1) is 0 Å². The minimum atomic E-state index is -0.921. The fraction of sp³-hybridized carbons (Fsp3) is 0.625. The maximum atomic E-state index is 12.8. The number of nitrogens with zero attached hydrogens (tertiary/aromatic N) is 2. The highest BCUT2D eigenvalue weighted by molar-refractivity contribution is 5.95. The van der Waals surface area contributed by atoms with Crippen LogP contribution in [0.3, 0.4) is 0 Å². The molecule has 0 aromatic carbocycles. The minimum absolute atomic E-state index is 0.167. The quantitative estimate of drug-likeness (QED) is 0.931. The van der Waals surface area contributed by atoms with Crippen LogP contribution in [0, 0.1) is 5.41 Å². The second-order valence-electron chi connectivity index (χ2n) is 6.73. The molecule has 2 heterocycles. The number of aliphatic carboxylic acids is 1. The third-order valence-electron chi connectivity index (χ3n) is 4.32. The third kappa shape index (κ3) is 2.82. The lowest BCUT2D eigenvalue weighted by Crippen LogP contribution is -2.56. The van der Waals surface area contributed by atoms with Gasteiger partial charge in [-0.1, -0.05) is 13.8 Å². The maximum Gasteiger partial charge on any atom is 0.326 e. The average Bonchev–Trinajstić information content (AvgIpc) is 2.85. The fourth-order valence-electron chi connectivity index (χ4n) is 3.25. The van der Waals surface area contributed by atoms with Gasteiger partial charge in [-0.3, -0.25) is 4.79 Å². The van der Waals surface area contributed by atoms with E-state index in [9.17, 15) is 14.7 Å². The van der Waals surface area contributed by atoms with E-state index in [0.717, 1.165) is 12.8 Å². The van der Waals surface area contributed by atoms with Gasteiger partial charge in [0.1, 0.15) is 11.7 Å². The van der Waals surface area contributed by atoms with Crippen LogP contribution < -0.4 is 0 Å². The van der Waals surface area contributed by atoms with Gasteiger partial charge in [0.15, 0.2) is 0 Å². The summed E-state index contributed by atoms with van der Waals surface area (Å²) in [6, 6.07) is 3.00. The number of carboxylic acids is 1. The first-order chi connectivity index (χ1) is 9.75. The number of piperidine rings is 1. The zero-order chi connectivity index (χ0) is 15.8. The van der Waals surface area contributed by atoms with Gasteiger partial charge in [-0.15, -0.1) is 0 Å². The van der Waals surface area contributed by atoms with Crippen molar-refractivity contribution in [3.63, 3.8) is 0 Å². The number of carbonyl (C=O) groups excluding carboxylic acids is 1. The maximum absolute atomic E-state index is 12.8. The van der Waals surface area contributed by atoms with Gasteiger partial charge in [-0.25, -0.2) is 4.79 Å². The van der Waals surface area contributed by atoms with Crippen molar-refractivity contribution in [1.82, 2.24) is 9.47 Å². The molecule has 0 spiro atoms. The first kappa shape index (κ1) is 15.6. The summed E-state index contributed by atoms with van der Waals surface area (Å²) in [7, 11) is 0. The molecule has 1 saturated heterocycles. The molecule has 21 heavy (non-hydrogen) atoms. The van der Waals surface area contributed by atoms with E-state index in [1.54, 1.807) is 6.07 Å². The number of hydrogen-bond donors (Lipinski definition) is 1. The second kappa shape index (κ2) is 5.54. The van der Waals surface area contributed by atoms with Crippen molar-refractivity contribution in [3.8, 4) is 0 Å². The van der Waals surface area contributed by atoms with Gasteiger partial charge in [-0.05, 0) is 44.2 Å². The van der Waals surface area contributed by atoms with Gasteiger partial charge < -0.3 is 14.6 Å². The van der Waals surface area contributed by atoms with Crippen LogP contribution in [0.2, 0.25) is 0 Å². The number of likely N-dealkylation sites (tertiary alicyclic amines) is 1. The Balaban J connectivity index is 2.36. The molecule has 0 saturated carbocycles. The molecule has 1 unspecified atom stereocenters. The van der Waals surface area contributed by atoms with E-state index in [4.69, 9.17) is 0 Å². The van der Waals surface area contributed by atoms with E-state index in [1.807, 2.05) is 44.5 Å². The van der Waals surface area contributed by atoms with Crippen molar-refractivity contribution < 1.29 is 14.7 Å². The standard InChI is InChI=1S/C16H24N2O3/c1-11(2)17-9-5-7-12(17)14(19)18-10-6-8-16(3,4)13(18)15(20)21/h5,7,9,11,13H,6,8,10H2,1-4H3,(H,20,21). The Morgan fingerprint density at radius 2 is 2.05 bits per heavy atom. The zero-order valence-corrected chi connectivity index (χ0v) is 13.2. The molecule has 0 radical (unpaired) electrons. The number of hydrogen-bond acceptors (Lipinski definition) is 2. The van der Waals surface area contributed by atoms with Crippen LogP contribution in [-0.2, 0) is 4.79 Å². The second-order valence-corrected chi connectivity index (χ2v) is 6.73. The molecule has 1 atom stereocenters. The van der Waals surface area contributed by atoms with E-state index in [0.29, 0.717) is 12.2 Å². The molecular formula is C16H24N2O3. The van der Waals surface area contributed by atoms with Crippen LogP contribution >= 0.6 is 0 Å². The Hall–Kier alpha value is -1.78. The zero-order valence-electron chi connectivity index (χ0n) is 13.2. The Kier molecular flexibility index (Phi) is 4.12. The topological polar surface area (TPSA) is 62.5 Å². The van der Waals surface area contributed by atoms with E-state index in [2.05, 4.69) is 0 Å². The largest absolute Gasteiger partial charge is 0.480 e. The van der Waals surface area contributed by atoms with E-state index in [1.165, 1.54) is 4.90 Å². The van der Waals surface area contributed by atoms with Crippen LogP contribution in [0.5, 0.6) is 0 Å². The normalized spacial score (nSPS) is 21.6. The van der Waals surface area contributed by atoms with Gasteiger partial charge in [0.25, 0.3) is 5.91 Å². The summed E-state index contributed by atoms with van der Waals surface area (Å²) < 4.78 is 1.89. The molecule has 1 aromatic heterocycles. The summed E-state index contributed by atoms with van der Waals surface area (Å²) in [6.45, 7) is 8.36. The van der Waals surface area contributed by atoms with Crippen molar-refractivity contribution in [2.75, 3.05) is 6.54 Å². The Labute approximate surface area is 125 Å². The smallest absolute Gasteiger partial charge is 0.326 e. The SMILES string of the molecule is CC(C)n1cccc1C(=O)N1CCCC(C)(C)C1C(=O)O. The van der Waals surface area contributed by atoms with Gasteiger partial charge in [0, 0.05) is 18.8 Å². The van der Waals surface area contributed by atoms with Gasteiger partial charge in [0.2, 0.25) is 0 Å². The predicted octanol–water partition coefficient (Wildman–Crippen LogP) is 2.78. The predicted molar refractivity (Wildman–Crippen MR) is 80.3 cm³/mol. The summed E-state index contributed by atoms with van der Waals surface area (Å²) in [6.07, 6.45) is 3.52. The van der Waals surface area contributed by atoms with E-state index < -0.39 is 17.4 Å². The van der Waals surface area contributed by atoms with Crippen LogP contribution in [0.15, 0.2) is 18.3 Å². The van der Waals surface area contributed by atoms with Crippen molar-refractivity contribution in [2.45, 2.75) is 52.6 Å². The third-order valence-corrected chi connectivity index (χ3v) is 4.32. The Morgan fingerprint density at radius 3 is 2.62 bits per heavy atom. The molecule has 116 valence electrons. The molecule has 1 amide bonds. The first-order valence-electron chi connectivity index (χ1n) is 7.46. The molecule has 5 heteroatoms.